The molecule has 34 heavy (non-hydrogen) atoms. The summed E-state index contributed by atoms with van der Waals surface area (Å²) < 4.78 is 39.0. The quantitative estimate of drug-likeness (QED) is 0.552. The zero-order chi connectivity index (χ0) is 24.7. The number of carbonyl (C=O) groups is 1. The van der Waals surface area contributed by atoms with E-state index in [0.29, 0.717) is 25.4 Å². The Labute approximate surface area is 202 Å². The second-order valence-corrected chi connectivity index (χ2v) is 10.4. The molecule has 2 aromatic carbocycles. The summed E-state index contributed by atoms with van der Waals surface area (Å²) in [5.74, 6) is 1.05. The molecule has 1 heterocycles. The van der Waals surface area contributed by atoms with Gasteiger partial charge in [-0.1, -0.05) is 26.0 Å². The van der Waals surface area contributed by atoms with Crippen molar-refractivity contribution in [3.8, 4) is 11.5 Å². The van der Waals surface area contributed by atoms with Gasteiger partial charge in [0.2, 0.25) is 15.9 Å². The van der Waals surface area contributed by atoms with E-state index < -0.39 is 16.1 Å². The van der Waals surface area contributed by atoms with Crippen LogP contribution < -0.4 is 14.2 Å². The summed E-state index contributed by atoms with van der Waals surface area (Å²) in [4.78, 5) is 17.4. The van der Waals surface area contributed by atoms with Gasteiger partial charge in [0.05, 0.1) is 18.6 Å². The molecular weight excluding hydrogens is 454 g/mol. The van der Waals surface area contributed by atoms with Crippen molar-refractivity contribution in [1.29, 1.82) is 0 Å². The maximum Gasteiger partial charge on any atom is 0.241 e. The number of amides is 1. The number of carbonyl (C=O) groups excluding carboxylic acids is 1. The number of nitrogens with one attached hydrogen (secondary N) is 1. The van der Waals surface area contributed by atoms with Crippen molar-refractivity contribution in [3.63, 3.8) is 0 Å². The third-order valence-corrected chi connectivity index (χ3v) is 7.37. The van der Waals surface area contributed by atoms with Crippen molar-refractivity contribution in [1.82, 2.24) is 14.5 Å². The van der Waals surface area contributed by atoms with E-state index in [1.54, 1.807) is 17.0 Å². The lowest BCUT2D eigenvalue weighted by atomic mass is 10.0. The zero-order valence-electron chi connectivity index (χ0n) is 20.4. The summed E-state index contributed by atoms with van der Waals surface area (Å²) in [5, 5.41) is 0. The minimum atomic E-state index is -3.85. The summed E-state index contributed by atoms with van der Waals surface area (Å²) in [7, 11) is -2.33. The van der Waals surface area contributed by atoms with E-state index in [1.807, 2.05) is 32.9 Å². The van der Waals surface area contributed by atoms with Gasteiger partial charge in [-0.3, -0.25) is 9.69 Å². The Morgan fingerprint density at radius 2 is 1.56 bits per heavy atom. The average Bonchev–Trinajstić information content (AvgIpc) is 2.84. The Morgan fingerprint density at radius 3 is 2.09 bits per heavy atom. The van der Waals surface area contributed by atoms with E-state index in [4.69, 9.17) is 9.47 Å². The molecule has 1 N–H and O–H groups in total. The first-order chi connectivity index (χ1) is 16.2. The van der Waals surface area contributed by atoms with Crippen LogP contribution in [0.15, 0.2) is 53.4 Å². The molecule has 0 aromatic heterocycles. The van der Waals surface area contributed by atoms with Gasteiger partial charge in [0.25, 0.3) is 0 Å². The first-order valence-corrected chi connectivity index (χ1v) is 13.1. The van der Waals surface area contributed by atoms with Crippen LogP contribution in [-0.2, 0) is 21.4 Å². The molecule has 1 atom stereocenters. The highest BCUT2D eigenvalue weighted by Gasteiger charge is 2.33. The van der Waals surface area contributed by atoms with E-state index in [0.717, 1.165) is 25.4 Å². The number of nitrogens with zero attached hydrogens (tertiary/aromatic N) is 2. The second-order valence-electron chi connectivity index (χ2n) is 8.70. The molecule has 2 aromatic rings. The van der Waals surface area contributed by atoms with Crippen LogP contribution in [0, 0.1) is 5.92 Å². The number of rotatable bonds is 10. The number of piperazine rings is 1. The third-order valence-electron chi connectivity index (χ3n) is 5.91. The molecule has 1 saturated heterocycles. The van der Waals surface area contributed by atoms with E-state index >= 15 is 0 Å². The normalized spacial score (nSPS) is 15.9. The number of methoxy groups -OCH3 is 1. The maximum absolute atomic E-state index is 13.3. The molecular formula is C25H35N3O5S. The van der Waals surface area contributed by atoms with Gasteiger partial charge < -0.3 is 14.4 Å². The molecule has 0 spiro atoms. The van der Waals surface area contributed by atoms with Gasteiger partial charge in [0.15, 0.2) is 0 Å². The molecule has 1 amide bonds. The predicted octanol–water partition coefficient (Wildman–Crippen LogP) is 2.74. The van der Waals surface area contributed by atoms with Gasteiger partial charge in [-0.2, -0.15) is 4.72 Å². The Balaban J connectivity index is 1.58. The lowest BCUT2D eigenvalue weighted by molar-refractivity contribution is -0.135. The molecule has 186 valence electrons. The van der Waals surface area contributed by atoms with Gasteiger partial charge in [-0.05, 0) is 54.8 Å². The molecule has 1 aliphatic rings. The first-order valence-electron chi connectivity index (χ1n) is 11.6. The lowest BCUT2D eigenvalue weighted by Crippen LogP contribution is -2.56. The van der Waals surface area contributed by atoms with Gasteiger partial charge >= 0.3 is 0 Å². The van der Waals surface area contributed by atoms with Gasteiger partial charge in [-0.25, -0.2) is 8.42 Å². The minimum Gasteiger partial charge on any atom is -0.497 e. The van der Waals surface area contributed by atoms with Crippen LogP contribution in [0.1, 0.15) is 26.3 Å². The monoisotopic (exact) mass is 489 g/mol. The fourth-order valence-electron chi connectivity index (χ4n) is 3.90. The van der Waals surface area contributed by atoms with Crippen molar-refractivity contribution in [2.75, 3.05) is 39.9 Å². The highest BCUT2D eigenvalue weighted by Crippen LogP contribution is 2.19. The Bertz CT molecular complexity index is 1030. The van der Waals surface area contributed by atoms with Crippen molar-refractivity contribution >= 4 is 15.9 Å². The third kappa shape index (κ3) is 6.71. The molecule has 0 unspecified atom stereocenters. The van der Waals surface area contributed by atoms with Gasteiger partial charge in [0.1, 0.15) is 17.5 Å². The minimum absolute atomic E-state index is 0.104. The Morgan fingerprint density at radius 1 is 0.971 bits per heavy atom. The maximum atomic E-state index is 13.3. The predicted molar refractivity (Wildman–Crippen MR) is 131 cm³/mol. The Kier molecular flexibility index (Phi) is 8.93. The molecule has 3 rings (SSSR count). The van der Waals surface area contributed by atoms with Crippen LogP contribution in [0.5, 0.6) is 11.5 Å². The summed E-state index contributed by atoms with van der Waals surface area (Å²) in [6.07, 6.45) is 0. The van der Waals surface area contributed by atoms with Crippen molar-refractivity contribution in [2.24, 2.45) is 5.92 Å². The lowest BCUT2D eigenvalue weighted by Gasteiger charge is -2.37. The highest BCUT2D eigenvalue weighted by atomic mass is 32.2. The number of hydrogen-bond acceptors (Lipinski definition) is 6. The van der Waals surface area contributed by atoms with Crippen LogP contribution >= 0.6 is 0 Å². The van der Waals surface area contributed by atoms with Crippen LogP contribution in [0.25, 0.3) is 0 Å². The largest absolute Gasteiger partial charge is 0.497 e. The molecule has 0 aliphatic carbocycles. The topological polar surface area (TPSA) is 88.2 Å². The summed E-state index contributed by atoms with van der Waals surface area (Å²) in [5.41, 5.74) is 1.19. The van der Waals surface area contributed by atoms with Crippen LogP contribution in [-0.4, -0.2) is 70.1 Å². The van der Waals surface area contributed by atoms with Crippen LogP contribution in [0.3, 0.4) is 0 Å². The van der Waals surface area contributed by atoms with Crippen LogP contribution in [0.2, 0.25) is 0 Å². The number of sulfonamides is 1. The molecule has 0 bridgehead atoms. The van der Waals surface area contributed by atoms with Crippen molar-refractivity contribution in [3.05, 3.63) is 54.1 Å². The standard InChI is InChI=1S/C25H35N3O5S/c1-5-33-22-8-6-20(7-9-22)18-27-14-16-28(17-15-27)25(29)24(19(2)3)26-34(30,31)23-12-10-21(32-4)11-13-23/h6-13,19,24,26H,5,14-18H2,1-4H3/t24-/m0/s1. The SMILES string of the molecule is CCOc1ccc(CN2CCN(C(=O)[C@@H](NS(=O)(=O)c3ccc(OC)cc3)C(C)C)CC2)cc1. The zero-order valence-corrected chi connectivity index (χ0v) is 21.2. The van der Waals surface area contributed by atoms with Gasteiger partial charge in [-0.15, -0.1) is 0 Å². The fourth-order valence-corrected chi connectivity index (χ4v) is 5.24. The summed E-state index contributed by atoms with van der Waals surface area (Å²) in [6, 6.07) is 13.4. The summed E-state index contributed by atoms with van der Waals surface area (Å²) >= 11 is 0. The molecule has 0 radical (unpaired) electrons. The van der Waals surface area contributed by atoms with E-state index in [1.165, 1.54) is 24.8 Å². The molecule has 9 heteroatoms. The van der Waals surface area contributed by atoms with E-state index in [-0.39, 0.29) is 16.7 Å². The molecule has 8 nitrogen and oxygen atoms in total. The smallest absolute Gasteiger partial charge is 0.241 e. The molecule has 1 fully saturated rings. The van der Waals surface area contributed by atoms with E-state index in [9.17, 15) is 13.2 Å². The number of hydrogen-bond donors (Lipinski definition) is 1. The number of ether oxygens (including phenoxy) is 2. The first kappa shape index (κ1) is 26.0. The molecule has 1 aliphatic heterocycles. The average molecular weight is 490 g/mol. The van der Waals surface area contributed by atoms with Gasteiger partial charge in [0, 0.05) is 32.7 Å². The Hall–Kier alpha value is -2.62. The van der Waals surface area contributed by atoms with Crippen molar-refractivity contribution < 1.29 is 22.7 Å². The fraction of sp³-hybridized carbons (Fsp3) is 0.480. The van der Waals surface area contributed by atoms with Crippen LogP contribution in [0.4, 0.5) is 0 Å². The van der Waals surface area contributed by atoms with E-state index in [2.05, 4.69) is 21.8 Å². The number of benzene rings is 2. The molecule has 0 saturated carbocycles. The highest BCUT2D eigenvalue weighted by molar-refractivity contribution is 7.89. The van der Waals surface area contributed by atoms with Crippen molar-refractivity contribution in [2.45, 2.75) is 38.3 Å². The second kappa shape index (κ2) is 11.7. The summed E-state index contributed by atoms with van der Waals surface area (Å²) in [6.45, 7) is 9.68.